The molecule has 0 aliphatic rings. The Labute approximate surface area is 97.2 Å². The van der Waals surface area contributed by atoms with Crippen LogP contribution in [0.1, 0.15) is 33.6 Å². The average Bonchev–Trinajstić information content (AvgIpc) is 2.17. The van der Waals surface area contributed by atoms with Gasteiger partial charge >= 0.3 is 0 Å². The van der Waals surface area contributed by atoms with Crippen LogP contribution in [0.5, 0.6) is 5.75 Å². The fraction of sp³-hybridized carbons (Fsp3) is 0.538. The lowest BCUT2D eigenvalue weighted by Crippen LogP contribution is -2.27. The van der Waals surface area contributed by atoms with E-state index in [4.69, 9.17) is 4.74 Å². The molecule has 1 rings (SSSR count). The minimum absolute atomic E-state index is 0.0637. The molecule has 0 saturated carbocycles. The highest BCUT2D eigenvalue weighted by Gasteiger charge is 2.18. The number of thioether (sulfide) groups is 1. The number of hydrogen-bond donors (Lipinski definition) is 0. The van der Waals surface area contributed by atoms with Crippen molar-refractivity contribution < 1.29 is 4.74 Å². The summed E-state index contributed by atoms with van der Waals surface area (Å²) in [5, 5.41) is 0. The van der Waals surface area contributed by atoms with Gasteiger partial charge < -0.3 is 4.74 Å². The zero-order valence-corrected chi connectivity index (χ0v) is 10.9. The Balaban J connectivity index is 2.71. The lowest BCUT2D eigenvalue weighted by Gasteiger charge is -2.26. The van der Waals surface area contributed by atoms with Crippen molar-refractivity contribution >= 4 is 11.8 Å². The molecule has 0 heterocycles. The number of ether oxygens (including phenoxy) is 1. The van der Waals surface area contributed by atoms with Crippen LogP contribution in [0.25, 0.3) is 0 Å². The molecule has 0 aromatic heterocycles. The normalized spacial score (nSPS) is 11.5. The predicted octanol–water partition coefficient (Wildman–Crippen LogP) is 4.37. The fourth-order valence-corrected chi connectivity index (χ4v) is 2.09. The largest absolute Gasteiger partial charge is 0.488 e. The van der Waals surface area contributed by atoms with Crippen LogP contribution in [0, 0.1) is 0 Å². The van der Waals surface area contributed by atoms with E-state index in [2.05, 4.69) is 39.2 Å². The Morgan fingerprint density at radius 3 is 2.67 bits per heavy atom. The number of hydrogen-bond acceptors (Lipinski definition) is 2. The van der Waals surface area contributed by atoms with E-state index in [-0.39, 0.29) is 5.60 Å². The van der Waals surface area contributed by atoms with Gasteiger partial charge in [-0.2, -0.15) is 0 Å². The highest BCUT2D eigenvalue weighted by Crippen LogP contribution is 2.25. The lowest BCUT2D eigenvalue weighted by atomic mass is 10.0. The summed E-state index contributed by atoms with van der Waals surface area (Å²) in [4.78, 5) is 1.25. The van der Waals surface area contributed by atoms with Gasteiger partial charge in [-0.05, 0) is 44.7 Å². The van der Waals surface area contributed by atoms with E-state index in [1.54, 1.807) is 11.8 Å². The molecule has 0 amide bonds. The second kappa shape index (κ2) is 5.45. The Bertz CT molecular complexity index is 307. The van der Waals surface area contributed by atoms with E-state index >= 15 is 0 Å². The SMILES string of the molecule is CCCC(C)(C)Oc1cccc(SC)c1. The topological polar surface area (TPSA) is 9.23 Å². The molecule has 0 spiro atoms. The first kappa shape index (κ1) is 12.4. The van der Waals surface area contributed by atoms with Crippen LogP contribution in [0.3, 0.4) is 0 Å². The molecule has 0 N–H and O–H groups in total. The molecule has 1 nitrogen and oxygen atoms in total. The minimum atomic E-state index is -0.0637. The predicted molar refractivity (Wildman–Crippen MR) is 67.8 cm³/mol. The Morgan fingerprint density at radius 2 is 2.07 bits per heavy atom. The molecule has 0 fully saturated rings. The highest BCUT2D eigenvalue weighted by molar-refractivity contribution is 7.98. The molecule has 1 aromatic rings. The summed E-state index contributed by atoms with van der Waals surface area (Å²) in [6, 6.07) is 8.27. The van der Waals surface area contributed by atoms with Crippen LogP contribution in [0.2, 0.25) is 0 Å². The zero-order chi connectivity index (χ0) is 11.3. The summed E-state index contributed by atoms with van der Waals surface area (Å²) in [5.41, 5.74) is -0.0637. The van der Waals surface area contributed by atoms with E-state index < -0.39 is 0 Å². The summed E-state index contributed by atoms with van der Waals surface area (Å²) in [6.45, 7) is 6.47. The third-order valence-corrected chi connectivity index (χ3v) is 3.01. The van der Waals surface area contributed by atoms with Gasteiger partial charge in [0.2, 0.25) is 0 Å². The van der Waals surface area contributed by atoms with E-state index in [0.29, 0.717) is 0 Å². The van der Waals surface area contributed by atoms with Crippen molar-refractivity contribution in [3.63, 3.8) is 0 Å². The molecule has 15 heavy (non-hydrogen) atoms. The number of benzene rings is 1. The van der Waals surface area contributed by atoms with Crippen LogP contribution < -0.4 is 4.74 Å². The van der Waals surface area contributed by atoms with Gasteiger partial charge in [-0.15, -0.1) is 11.8 Å². The van der Waals surface area contributed by atoms with Crippen molar-refractivity contribution in [2.24, 2.45) is 0 Å². The van der Waals surface area contributed by atoms with Gasteiger partial charge in [0.1, 0.15) is 11.4 Å². The monoisotopic (exact) mass is 224 g/mol. The summed E-state index contributed by atoms with van der Waals surface area (Å²) in [7, 11) is 0. The zero-order valence-electron chi connectivity index (χ0n) is 10.0. The molecular weight excluding hydrogens is 204 g/mol. The van der Waals surface area contributed by atoms with Gasteiger partial charge in [-0.25, -0.2) is 0 Å². The van der Waals surface area contributed by atoms with E-state index in [1.165, 1.54) is 4.90 Å². The molecule has 0 unspecified atom stereocenters. The van der Waals surface area contributed by atoms with Gasteiger partial charge in [0.05, 0.1) is 0 Å². The van der Waals surface area contributed by atoms with Crippen LogP contribution >= 0.6 is 11.8 Å². The van der Waals surface area contributed by atoms with Crippen LogP contribution in [-0.4, -0.2) is 11.9 Å². The second-order valence-electron chi connectivity index (χ2n) is 4.29. The molecule has 1 aromatic carbocycles. The minimum Gasteiger partial charge on any atom is -0.488 e. The van der Waals surface area contributed by atoms with Crippen molar-refractivity contribution in [2.45, 2.75) is 44.1 Å². The van der Waals surface area contributed by atoms with Crippen LogP contribution in [0.15, 0.2) is 29.2 Å². The molecule has 0 atom stereocenters. The average molecular weight is 224 g/mol. The maximum absolute atomic E-state index is 5.97. The van der Waals surface area contributed by atoms with Crippen molar-refractivity contribution in [1.82, 2.24) is 0 Å². The van der Waals surface area contributed by atoms with Crippen molar-refractivity contribution in [3.05, 3.63) is 24.3 Å². The molecule has 0 radical (unpaired) electrons. The summed E-state index contributed by atoms with van der Waals surface area (Å²) in [6.07, 6.45) is 4.31. The Morgan fingerprint density at radius 1 is 1.33 bits per heavy atom. The second-order valence-corrected chi connectivity index (χ2v) is 5.17. The third kappa shape index (κ3) is 4.17. The fourth-order valence-electron chi connectivity index (χ4n) is 1.64. The van der Waals surface area contributed by atoms with Gasteiger partial charge in [0, 0.05) is 4.90 Å². The summed E-state index contributed by atoms with van der Waals surface area (Å²) < 4.78 is 5.97. The Kier molecular flexibility index (Phi) is 4.52. The molecule has 2 heteroatoms. The number of rotatable bonds is 5. The first-order chi connectivity index (χ1) is 7.07. The first-order valence-corrected chi connectivity index (χ1v) is 6.63. The Hall–Kier alpha value is -0.630. The summed E-state index contributed by atoms with van der Waals surface area (Å²) in [5.74, 6) is 0.973. The van der Waals surface area contributed by atoms with Crippen LogP contribution in [-0.2, 0) is 0 Å². The molecule has 0 aliphatic carbocycles. The standard InChI is InChI=1S/C13H20OS/c1-5-9-13(2,3)14-11-7-6-8-12(10-11)15-4/h6-8,10H,5,9H2,1-4H3. The quantitative estimate of drug-likeness (QED) is 0.687. The van der Waals surface area contributed by atoms with Crippen molar-refractivity contribution in [1.29, 1.82) is 0 Å². The third-order valence-electron chi connectivity index (χ3n) is 2.29. The molecule has 0 bridgehead atoms. The van der Waals surface area contributed by atoms with Crippen molar-refractivity contribution in [3.8, 4) is 5.75 Å². The lowest BCUT2D eigenvalue weighted by molar-refractivity contribution is 0.0983. The van der Waals surface area contributed by atoms with E-state index in [0.717, 1.165) is 18.6 Å². The molecule has 0 saturated heterocycles. The van der Waals surface area contributed by atoms with Gasteiger partial charge in [-0.3, -0.25) is 0 Å². The highest BCUT2D eigenvalue weighted by atomic mass is 32.2. The van der Waals surface area contributed by atoms with E-state index in [9.17, 15) is 0 Å². The molecule has 0 aliphatic heterocycles. The molecular formula is C13H20OS. The first-order valence-electron chi connectivity index (χ1n) is 5.40. The maximum Gasteiger partial charge on any atom is 0.121 e. The molecule has 84 valence electrons. The summed E-state index contributed by atoms with van der Waals surface area (Å²) >= 11 is 1.74. The smallest absolute Gasteiger partial charge is 0.121 e. The van der Waals surface area contributed by atoms with Gasteiger partial charge in [-0.1, -0.05) is 19.4 Å². The maximum atomic E-state index is 5.97. The van der Waals surface area contributed by atoms with Crippen molar-refractivity contribution in [2.75, 3.05) is 6.26 Å². The van der Waals surface area contributed by atoms with Gasteiger partial charge in [0.15, 0.2) is 0 Å². The van der Waals surface area contributed by atoms with Crippen LogP contribution in [0.4, 0.5) is 0 Å². The van der Waals surface area contributed by atoms with Gasteiger partial charge in [0.25, 0.3) is 0 Å². The van der Waals surface area contributed by atoms with E-state index in [1.807, 2.05) is 12.1 Å².